The second kappa shape index (κ2) is 7.30. The lowest BCUT2D eigenvalue weighted by Gasteiger charge is -2.07. The van der Waals surface area contributed by atoms with Crippen LogP contribution in [0.15, 0.2) is 54.6 Å². The van der Waals surface area contributed by atoms with E-state index in [4.69, 9.17) is 4.74 Å². The molecule has 3 aromatic rings. The number of aryl methyl sites for hydroxylation is 1. The SMILES string of the molecule is CCOC(=O)c1cc(-c2ccc(C)cc2)nn1Cc1ccc(F)cc1. The molecule has 0 aliphatic heterocycles. The van der Waals surface area contributed by atoms with Gasteiger partial charge in [0, 0.05) is 5.56 Å². The smallest absolute Gasteiger partial charge is 0.356 e. The second-order valence-corrected chi connectivity index (χ2v) is 5.79. The zero-order chi connectivity index (χ0) is 17.8. The summed E-state index contributed by atoms with van der Waals surface area (Å²) in [5.74, 6) is -0.717. The molecule has 0 atom stereocenters. The predicted molar refractivity (Wildman–Crippen MR) is 93.9 cm³/mol. The Hall–Kier alpha value is -2.95. The molecule has 0 N–H and O–H groups in total. The first-order valence-electron chi connectivity index (χ1n) is 8.13. The minimum atomic E-state index is -0.421. The number of rotatable bonds is 5. The Balaban J connectivity index is 1.97. The Bertz CT molecular complexity index is 868. The number of aromatic nitrogens is 2. The molecule has 0 saturated carbocycles. The van der Waals surface area contributed by atoms with E-state index in [1.54, 1.807) is 29.8 Å². The van der Waals surface area contributed by atoms with Crippen molar-refractivity contribution >= 4 is 5.97 Å². The molecule has 0 unspecified atom stereocenters. The number of carbonyl (C=O) groups excluding carboxylic acids is 1. The van der Waals surface area contributed by atoms with Crippen molar-refractivity contribution in [2.45, 2.75) is 20.4 Å². The largest absolute Gasteiger partial charge is 0.461 e. The maximum atomic E-state index is 13.1. The third kappa shape index (κ3) is 3.94. The molecular formula is C20H19FN2O2. The summed E-state index contributed by atoms with van der Waals surface area (Å²) in [7, 11) is 0. The molecule has 128 valence electrons. The molecule has 2 aromatic carbocycles. The third-order valence-electron chi connectivity index (χ3n) is 3.86. The Kier molecular flexibility index (Phi) is 4.93. The van der Waals surface area contributed by atoms with Crippen molar-refractivity contribution in [1.29, 1.82) is 0 Å². The first kappa shape index (κ1) is 16.9. The van der Waals surface area contributed by atoms with Gasteiger partial charge in [0.15, 0.2) is 0 Å². The van der Waals surface area contributed by atoms with Crippen molar-refractivity contribution < 1.29 is 13.9 Å². The average molecular weight is 338 g/mol. The molecular weight excluding hydrogens is 319 g/mol. The van der Waals surface area contributed by atoms with Crippen molar-refractivity contribution in [2.24, 2.45) is 0 Å². The van der Waals surface area contributed by atoms with Crippen LogP contribution >= 0.6 is 0 Å². The molecule has 0 bridgehead atoms. The van der Waals surface area contributed by atoms with Crippen LogP contribution in [0.4, 0.5) is 4.39 Å². The summed E-state index contributed by atoms with van der Waals surface area (Å²) in [5, 5.41) is 4.55. The van der Waals surface area contributed by atoms with Crippen LogP contribution in [0.5, 0.6) is 0 Å². The van der Waals surface area contributed by atoms with Crippen molar-refractivity contribution in [2.75, 3.05) is 6.61 Å². The van der Waals surface area contributed by atoms with E-state index in [9.17, 15) is 9.18 Å². The number of carbonyl (C=O) groups is 1. The molecule has 0 saturated heterocycles. The Morgan fingerprint density at radius 2 is 1.80 bits per heavy atom. The van der Waals surface area contributed by atoms with E-state index in [0.29, 0.717) is 24.5 Å². The molecule has 5 heteroatoms. The fourth-order valence-electron chi connectivity index (χ4n) is 2.53. The van der Waals surface area contributed by atoms with Gasteiger partial charge in [0.1, 0.15) is 11.5 Å². The number of halogens is 1. The van der Waals surface area contributed by atoms with E-state index >= 15 is 0 Å². The molecule has 4 nitrogen and oxygen atoms in total. The highest BCUT2D eigenvalue weighted by Gasteiger charge is 2.17. The van der Waals surface area contributed by atoms with Gasteiger partial charge in [0.05, 0.1) is 18.8 Å². The van der Waals surface area contributed by atoms with Gasteiger partial charge in [0.2, 0.25) is 0 Å². The summed E-state index contributed by atoms with van der Waals surface area (Å²) in [6, 6.07) is 15.8. The highest BCUT2D eigenvalue weighted by atomic mass is 19.1. The third-order valence-corrected chi connectivity index (χ3v) is 3.86. The van der Waals surface area contributed by atoms with Gasteiger partial charge in [-0.25, -0.2) is 9.18 Å². The Morgan fingerprint density at radius 3 is 2.44 bits per heavy atom. The molecule has 1 heterocycles. The van der Waals surface area contributed by atoms with Crippen LogP contribution in [0.2, 0.25) is 0 Å². The molecule has 1 aromatic heterocycles. The highest BCUT2D eigenvalue weighted by Crippen LogP contribution is 2.21. The first-order valence-corrected chi connectivity index (χ1v) is 8.13. The van der Waals surface area contributed by atoms with Crippen LogP contribution in [-0.4, -0.2) is 22.4 Å². The minimum absolute atomic E-state index is 0.292. The monoisotopic (exact) mass is 338 g/mol. The van der Waals surface area contributed by atoms with Gasteiger partial charge in [-0.3, -0.25) is 4.68 Å². The minimum Gasteiger partial charge on any atom is -0.461 e. The van der Waals surface area contributed by atoms with Crippen LogP contribution in [0.25, 0.3) is 11.3 Å². The predicted octanol–water partition coefficient (Wildman–Crippen LogP) is 4.22. The molecule has 0 aliphatic rings. The topological polar surface area (TPSA) is 44.1 Å². The van der Waals surface area contributed by atoms with Gasteiger partial charge in [-0.2, -0.15) is 5.10 Å². The molecule has 0 spiro atoms. The van der Waals surface area contributed by atoms with Crippen LogP contribution in [0.3, 0.4) is 0 Å². The maximum absolute atomic E-state index is 13.1. The quantitative estimate of drug-likeness (QED) is 0.654. The molecule has 3 rings (SSSR count). The zero-order valence-electron chi connectivity index (χ0n) is 14.2. The number of benzene rings is 2. The highest BCUT2D eigenvalue weighted by molar-refractivity contribution is 5.89. The second-order valence-electron chi connectivity index (χ2n) is 5.79. The normalized spacial score (nSPS) is 10.7. The van der Waals surface area contributed by atoms with Gasteiger partial charge in [0.25, 0.3) is 0 Å². The summed E-state index contributed by atoms with van der Waals surface area (Å²) in [6.45, 7) is 4.43. The van der Waals surface area contributed by atoms with E-state index in [1.165, 1.54) is 12.1 Å². The van der Waals surface area contributed by atoms with E-state index in [2.05, 4.69) is 5.10 Å². The van der Waals surface area contributed by atoms with Crippen LogP contribution in [0.1, 0.15) is 28.5 Å². The Labute approximate surface area is 145 Å². The fraction of sp³-hybridized carbons (Fsp3) is 0.200. The van der Waals surface area contributed by atoms with Crippen molar-refractivity contribution in [3.63, 3.8) is 0 Å². The molecule has 0 radical (unpaired) electrons. The number of ether oxygens (including phenoxy) is 1. The van der Waals surface area contributed by atoms with Crippen molar-refractivity contribution in [1.82, 2.24) is 9.78 Å². The van der Waals surface area contributed by atoms with Gasteiger partial charge in [-0.05, 0) is 37.6 Å². The van der Waals surface area contributed by atoms with Gasteiger partial charge in [-0.1, -0.05) is 42.0 Å². The number of esters is 1. The van der Waals surface area contributed by atoms with E-state index in [-0.39, 0.29) is 5.82 Å². The lowest BCUT2D eigenvalue weighted by molar-refractivity contribution is 0.0512. The van der Waals surface area contributed by atoms with Crippen molar-refractivity contribution in [3.05, 3.63) is 77.2 Å². The molecule has 0 amide bonds. The Morgan fingerprint density at radius 1 is 1.12 bits per heavy atom. The summed E-state index contributed by atoms with van der Waals surface area (Å²) in [6.07, 6.45) is 0. The number of nitrogens with zero attached hydrogens (tertiary/aromatic N) is 2. The van der Waals surface area contributed by atoms with Gasteiger partial charge >= 0.3 is 5.97 Å². The summed E-state index contributed by atoms with van der Waals surface area (Å²) in [5.41, 5.74) is 4.01. The summed E-state index contributed by atoms with van der Waals surface area (Å²) < 4.78 is 19.8. The van der Waals surface area contributed by atoms with Crippen LogP contribution in [0, 0.1) is 12.7 Å². The number of hydrogen-bond donors (Lipinski definition) is 0. The fourth-order valence-corrected chi connectivity index (χ4v) is 2.53. The molecule has 0 aliphatic carbocycles. The van der Waals surface area contributed by atoms with Gasteiger partial charge < -0.3 is 4.74 Å². The van der Waals surface area contributed by atoms with E-state index in [0.717, 1.165) is 16.7 Å². The first-order chi connectivity index (χ1) is 12.1. The molecule has 25 heavy (non-hydrogen) atoms. The number of hydrogen-bond acceptors (Lipinski definition) is 3. The van der Waals surface area contributed by atoms with Gasteiger partial charge in [-0.15, -0.1) is 0 Å². The van der Waals surface area contributed by atoms with E-state index < -0.39 is 5.97 Å². The lowest BCUT2D eigenvalue weighted by atomic mass is 10.1. The standard InChI is InChI=1S/C20H19FN2O2/c1-3-25-20(24)19-12-18(16-8-4-14(2)5-9-16)22-23(19)13-15-6-10-17(21)11-7-15/h4-12H,3,13H2,1-2H3. The summed E-state index contributed by atoms with van der Waals surface area (Å²) in [4.78, 5) is 12.3. The van der Waals surface area contributed by atoms with Crippen molar-refractivity contribution in [3.8, 4) is 11.3 Å². The summed E-state index contributed by atoms with van der Waals surface area (Å²) >= 11 is 0. The zero-order valence-corrected chi connectivity index (χ0v) is 14.2. The lowest BCUT2D eigenvalue weighted by Crippen LogP contribution is -2.14. The van der Waals surface area contributed by atoms with Crippen LogP contribution in [-0.2, 0) is 11.3 Å². The maximum Gasteiger partial charge on any atom is 0.356 e. The van der Waals surface area contributed by atoms with E-state index in [1.807, 2.05) is 31.2 Å². The molecule has 0 fully saturated rings. The average Bonchev–Trinajstić information content (AvgIpc) is 3.02. The van der Waals surface area contributed by atoms with Crippen LogP contribution < -0.4 is 0 Å².